The molecule has 0 aromatic heterocycles. The topological polar surface area (TPSA) is 89.5 Å². The van der Waals surface area contributed by atoms with Crippen LogP contribution >= 0.6 is 0 Å². The Bertz CT molecular complexity index is 979. The molecule has 6 nitrogen and oxygen atoms in total. The van der Waals surface area contributed by atoms with Crippen molar-refractivity contribution in [1.29, 1.82) is 0 Å². The van der Waals surface area contributed by atoms with Gasteiger partial charge in [-0.05, 0) is 62.6 Å². The number of benzene rings is 2. The molecule has 0 aliphatic carbocycles. The van der Waals surface area contributed by atoms with E-state index in [0.717, 1.165) is 22.3 Å². The summed E-state index contributed by atoms with van der Waals surface area (Å²) in [5.41, 5.74) is 4.38. The maximum Gasteiger partial charge on any atom is 0.307 e. The third-order valence-electron chi connectivity index (χ3n) is 4.46. The molecule has 0 saturated carbocycles. The molecule has 0 aliphatic rings. The first-order valence-corrected chi connectivity index (χ1v) is 10.4. The predicted molar refractivity (Wildman–Crippen MR) is 107 cm³/mol. The highest BCUT2D eigenvalue weighted by Crippen LogP contribution is 2.16. The molecule has 0 bridgehead atoms. The number of rotatable bonds is 8. The molecular formula is C21H25NO5S. The summed E-state index contributed by atoms with van der Waals surface area (Å²) in [7, 11) is -3.69. The quantitative estimate of drug-likeness (QED) is 0.541. The van der Waals surface area contributed by atoms with Gasteiger partial charge in [-0.3, -0.25) is 9.59 Å². The SMILES string of the molecule is Cc1ccc(S(=O)(=O)NCCC(=O)OCC(=O)c2cc(C)c(C)cc2C)cc1. The second-order valence-corrected chi connectivity index (χ2v) is 8.56. The number of esters is 1. The van der Waals surface area contributed by atoms with Crippen molar-refractivity contribution in [3.8, 4) is 0 Å². The van der Waals surface area contributed by atoms with Gasteiger partial charge in [-0.15, -0.1) is 0 Å². The van der Waals surface area contributed by atoms with Crippen LogP contribution in [0.5, 0.6) is 0 Å². The van der Waals surface area contributed by atoms with Crippen molar-refractivity contribution in [3.05, 3.63) is 64.2 Å². The predicted octanol–water partition coefficient (Wildman–Crippen LogP) is 3.01. The molecular weight excluding hydrogens is 378 g/mol. The van der Waals surface area contributed by atoms with Crippen LogP contribution in [0.25, 0.3) is 0 Å². The summed E-state index contributed by atoms with van der Waals surface area (Å²) in [5.74, 6) is -0.921. The Balaban J connectivity index is 1.84. The van der Waals surface area contributed by atoms with E-state index in [0.29, 0.717) is 5.56 Å². The molecule has 150 valence electrons. The normalized spacial score (nSPS) is 11.3. The van der Waals surface area contributed by atoms with Crippen LogP contribution in [0, 0.1) is 27.7 Å². The largest absolute Gasteiger partial charge is 0.457 e. The average molecular weight is 404 g/mol. The van der Waals surface area contributed by atoms with Gasteiger partial charge >= 0.3 is 5.97 Å². The molecule has 0 saturated heterocycles. The highest BCUT2D eigenvalue weighted by Gasteiger charge is 2.16. The van der Waals surface area contributed by atoms with Gasteiger partial charge in [-0.2, -0.15) is 0 Å². The first-order valence-electron chi connectivity index (χ1n) is 8.93. The van der Waals surface area contributed by atoms with Crippen LogP contribution in [0.2, 0.25) is 0 Å². The Labute approximate surface area is 166 Å². The lowest BCUT2D eigenvalue weighted by atomic mass is 9.98. The van der Waals surface area contributed by atoms with E-state index in [1.54, 1.807) is 18.2 Å². The molecule has 2 rings (SSSR count). The first kappa shape index (κ1) is 21.8. The molecule has 0 unspecified atom stereocenters. The van der Waals surface area contributed by atoms with Crippen LogP contribution in [0.1, 0.15) is 39.0 Å². The third kappa shape index (κ3) is 5.74. The van der Waals surface area contributed by atoms with Crippen LogP contribution < -0.4 is 4.72 Å². The second kappa shape index (κ2) is 9.12. The number of ketones is 1. The zero-order chi connectivity index (χ0) is 20.9. The van der Waals surface area contributed by atoms with Crippen LogP contribution in [0.4, 0.5) is 0 Å². The molecule has 28 heavy (non-hydrogen) atoms. The smallest absolute Gasteiger partial charge is 0.307 e. The van der Waals surface area contributed by atoms with Gasteiger partial charge < -0.3 is 4.74 Å². The maximum absolute atomic E-state index is 12.3. The number of aryl methyl sites for hydroxylation is 4. The standard InChI is InChI=1S/C21H25NO5S/c1-14-5-7-18(8-6-14)28(25,26)22-10-9-21(24)27-13-20(23)19-12-16(3)15(2)11-17(19)4/h5-8,11-12,22H,9-10,13H2,1-4H3. The van der Waals surface area contributed by atoms with Gasteiger partial charge in [-0.1, -0.05) is 23.8 Å². The summed E-state index contributed by atoms with van der Waals surface area (Å²) in [5, 5.41) is 0. The molecule has 2 aromatic carbocycles. The van der Waals surface area contributed by atoms with Crippen molar-refractivity contribution in [2.75, 3.05) is 13.2 Å². The number of Topliss-reactive ketones (excluding diaryl/α,β-unsaturated/α-hetero) is 1. The molecule has 7 heteroatoms. The van der Waals surface area contributed by atoms with Crippen molar-refractivity contribution in [2.24, 2.45) is 0 Å². The lowest BCUT2D eigenvalue weighted by molar-refractivity contribution is -0.142. The number of carbonyl (C=O) groups excluding carboxylic acids is 2. The van der Waals surface area contributed by atoms with Crippen LogP contribution in [-0.4, -0.2) is 33.3 Å². The van der Waals surface area contributed by atoms with Gasteiger partial charge in [0.05, 0.1) is 11.3 Å². The highest BCUT2D eigenvalue weighted by atomic mass is 32.2. The van der Waals surface area contributed by atoms with E-state index in [1.807, 2.05) is 33.8 Å². The summed E-state index contributed by atoms with van der Waals surface area (Å²) >= 11 is 0. The Kier molecular flexibility index (Phi) is 7.10. The summed E-state index contributed by atoms with van der Waals surface area (Å²) in [4.78, 5) is 24.3. The zero-order valence-corrected chi connectivity index (χ0v) is 17.4. The lowest BCUT2D eigenvalue weighted by Crippen LogP contribution is -2.27. The molecule has 0 spiro atoms. The van der Waals surface area contributed by atoms with Crippen LogP contribution in [0.3, 0.4) is 0 Å². The molecule has 0 fully saturated rings. The van der Waals surface area contributed by atoms with Gasteiger partial charge in [0.2, 0.25) is 15.8 Å². The van der Waals surface area contributed by atoms with Gasteiger partial charge in [0.1, 0.15) is 0 Å². The van der Waals surface area contributed by atoms with Crippen molar-refractivity contribution >= 4 is 21.8 Å². The van der Waals surface area contributed by atoms with Crippen molar-refractivity contribution in [1.82, 2.24) is 4.72 Å². The van der Waals surface area contributed by atoms with Crippen LogP contribution in [-0.2, 0) is 19.6 Å². The van der Waals surface area contributed by atoms with E-state index in [9.17, 15) is 18.0 Å². The molecule has 0 radical (unpaired) electrons. The van der Waals surface area contributed by atoms with E-state index in [1.165, 1.54) is 12.1 Å². The fraction of sp³-hybridized carbons (Fsp3) is 0.333. The molecule has 0 heterocycles. The summed E-state index contributed by atoms with van der Waals surface area (Å²) in [6.45, 7) is 7.10. The van der Waals surface area contributed by atoms with E-state index in [-0.39, 0.29) is 30.3 Å². The number of carbonyl (C=O) groups is 2. The number of hydrogen-bond acceptors (Lipinski definition) is 5. The number of sulfonamides is 1. The van der Waals surface area contributed by atoms with Gasteiger partial charge in [0, 0.05) is 12.1 Å². The zero-order valence-electron chi connectivity index (χ0n) is 16.5. The summed E-state index contributed by atoms with van der Waals surface area (Å²) < 4.78 is 31.7. The number of ether oxygens (including phenoxy) is 1. The van der Waals surface area contributed by atoms with E-state index >= 15 is 0 Å². The number of hydrogen-bond donors (Lipinski definition) is 1. The minimum atomic E-state index is -3.69. The average Bonchev–Trinajstić information content (AvgIpc) is 2.63. The monoisotopic (exact) mass is 403 g/mol. The fourth-order valence-electron chi connectivity index (χ4n) is 2.65. The van der Waals surface area contributed by atoms with E-state index in [4.69, 9.17) is 4.74 Å². The maximum atomic E-state index is 12.3. The fourth-order valence-corrected chi connectivity index (χ4v) is 3.68. The van der Waals surface area contributed by atoms with E-state index < -0.39 is 16.0 Å². The van der Waals surface area contributed by atoms with Gasteiger partial charge in [-0.25, -0.2) is 13.1 Å². The molecule has 1 N–H and O–H groups in total. The van der Waals surface area contributed by atoms with Crippen molar-refractivity contribution in [2.45, 2.75) is 39.0 Å². The highest BCUT2D eigenvalue weighted by molar-refractivity contribution is 7.89. The van der Waals surface area contributed by atoms with Crippen molar-refractivity contribution in [3.63, 3.8) is 0 Å². The minimum absolute atomic E-state index is 0.105. The summed E-state index contributed by atoms with van der Waals surface area (Å²) in [6, 6.07) is 10.1. The molecule has 0 atom stereocenters. The second-order valence-electron chi connectivity index (χ2n) is 6.80. The Hall–Kier alpha value is -2.51. The van der Waals surface area contributed by atoms with Crippen molar-refractivity contribution < 1.29 is 22.7 Å². The van der Waals surface area contributed by atoms with Gasteiger partial charge in [0.25, 0.3) is 0 Å². The minimum Gasteiger partial charge on any atom is -0.457 e. The summed E-state index contributed by atoms with van der Waals surface area (Å²) in [6.07, 6.45) is -0.162. The van der Waals surface area contributed by atoms with E-state index in [2.05, 4.69) is 4.72 Å². The molecule has 0 amide bonds. The third-order valence-corrected chi connectivity index (χ3v) is 5.93. The van der Waals surface area contributed by atoms with Gasteiger partial charge in [0.15, 0.2) is 6.61 Å². The Morgan fingerprint density at radius 2 is 1.54 bits per heavy atom. The number of nitrogens with one attached hydrogen (secondary N) is 1. The Morgan fingerprint density at radius 1 is 0.929 bits per heavy atom. The Morgan fingerprint density at radius 3 is 2.18 bits per heavy atom. The molecule has 2 aromatic rings. The van der Waals surface area contributed by atoms with Crippen LogP contribution in [0.15, 0.2) is 41.3 Å². The first-order chi connectivity index (χ1) is 13.1. The molecule has 0 aliphatic heterocycles. The lowest BCUT2D eigenvalue weighted by Gasteiger charge is -2.10.